The highest BCUT2D eigenvalue weighted by molar-refractivity contribution is 9.10. The molecule has 0 bridgehead atoms. The molecule has 4 nitrogen and oxygen atoms in total. The third-order valence-electron chi connectivity index (χ3n) is 3.49. The molecule has 1 aliphatic carbocycles. The Morgan fingerprint density at radius 1 is 1.45 bits per heavy atom. The van der Waals surface area contributed by atoms with E-state index in [1.54, 1.807) is 0 Å². The number of carbonyl (C=O) groups excluding carboxylic acids is 1. The quantitative estimate of drug-likeness (QED) is 0.795. The molecule has 2 N–H and O–H groups in total. The van der Waals surface area contributed by atoms with Crippen LogP contribution in [0.1, 0.15) is 24.8 Å². The maximum atomic E-state index is 11.9. The predicted molar refractivity (Wildman–Crippen MR) is 82.0 cm³/mol. The van der Waals surface area contributed by atoms with E-state index < -0.39 is 11.5 Å². The zero-order chi connectivity index (χ0) is 14.8. The van der Waals surface area contributed by atoms with Gasteiger partial charge in [-0.15, -0.1) is 11.8 Å². The number of halogens is 1. The zero-order valence-corrected chi connectivity index (χ0v) is 13.5. The fourth-order valence-corrected chi connectivity index (χ4v) is 3.43. The molecular formula is C14H16BrNO3S. The van der Waals surface area contributed by atoms with Gasteiger partial charge in [-0.25, -0.2) is 4.79 Å². The molecule has 1 saturated carbocycles. The first-order valence-corrected chi connectivity index (χ1v) is 8.14. The number of thioether (sulfide) groups is 1. The Labute approximate surface area is 130 Å². The monoisotopic (exact) mass is 357 g/mol. The van der Waals surface area contributed by atoms with Crippen molar-refractivity contribution in [3.05, 3.63) is 28.2 Å². The molecule has 0 radical (unpaired) electrons. The van der Waals surface area contributed by atoms with Crippen molar-refractivity contribution < 1.29 is 14.7 Å². The van der Waals surface area contributed by atoms with Gasteiger partial charge in [0.2, 0.25) is 5.91 Å². The minimum Gasteiger partial charge on any atom is -0.480 e. The Morgan fingerprint density at radius 3 is 2.65 bits per heavy atom. The zero-order valence-electron chi connectivity index (χ0n) is 11.1. The van der Waals surface area contributed by atoms with E-state index in [1.165, 1.54) is 11.8 Å². The van der Waals surface area contributed by atoms with E-state index >= 15 is 0 Å². The van der Waals surface area contributed by atoms with Crippen molar-refractivity contribution in [2.45, 2.75) is 36.6 Å². The Morgan fingerprint density at radius 2 is 2.15 bits per heavy atom. The maximum Gasteiger partial charge on any atom is 0.329 e. The summed E-state index contributed by atoms with van der Waals surface area (Å²) in [6.45, 7) is 1.98. The number of aliphatic carboxylic acids is 1. The highest BCUT2D eigenvalue weighted by Crippen LogP contribution is 2.32. The standard InChI is InChI=1S/C14H16BrNO3S/c1-9-7-10(15)3-4-11(9)20-8-12(17)16-14(13(18)19)5-2-6-14/h3-4,7H,2,5-6,8H2,1H3,(H,16,17)(H,18,19). The van der Waals surface area contributed by atoms with Crippen LogP contribution in [0.5, 0.6) is 0 Å². The van der Waals surface area contributed by atoms with Gasteiger partial charge in [-0.1, -0.05) is 15.9 Å². The van der Waals surface area contributed by atoms with Crippen LogP contribution in [-0.4, -0.2) is 28.3 Å². The average Bonchev–Trinajstić information content (AvgIpc) is 2.32. The van der Waals surface area contributed by atoms with Gasteiger partial charge in [0.15, 0.2) is 0 Å². The summed E-state index contributed by atoms with van der Waals surface area (Å²) in [6, 6.07) is 5.87. The molecule has 0 atom stereocenters. The number of aryl methyl sites for hydroxylation is 1. The number of nitrogens with one attached hydrogen (secondary N) is 1. The first kappa shape index (κ1) is 15.4. The topological polar surface area (TPSA) is 66.4 Å². The summed E-state index contributed by atoms with van der Waals surface area (Å²) in [7, 11) is 0. The number of carbonyl (C=O) groups is 2. The largest absolute Gasteiger partial charge is 0.480 e. The van der Waals surface area contributed by atoms with Gasteiger partial charge in [0.25, 0.3) is 0 Å². The number of benzene rings is 1. The fraction of sp³-hybridized carbons (Fsp3) is 0.429. The molecule has 0 saturated heterocycles. The normalized spacial score (nSPS) is 16.3. The van der Waals surface area contributed by atoms with Crippen molar-refractivity contribution >= 4 is 39.6 Å². The lowest BCUT2D eigenvalue weighted by atomic mass is 9.77. The van der Waals surface area contributed by atoms with E-state index in [4.69, 9.17) is 5.11 Å². The minimum atomic E-state index is -1.02. The molecule has 0 aromatic heterocycles. The van der Waals surface area contributed by atoms with Crippen LogP contribution in [-0.2, 0) is 9.59 Å². The van der Waals surface area contributed by atoms with E-state index in [9.17, 15) is 9.59 Å². The molecule has 6 heteroatoms. The molecule has 1 aromatic carbocycles. The highest BCUT2D eigenvalue weighted by atomic mass is 79.9. The van der Waals surface area contributed by atoms with Crippen molar-refractivity contribution in [1.82, 2.24) is 5.32 Å². The Bertz CT molecular complexity index is 543. The molecular weight excluding hydrogens is 342 g/mol. The molecule has 1 fully saturated rings. The lowest BCUT2D eigenvalue weighted by Gasteiger charge is -2.38. The molecule has 1 amide bonds. The summed E-state index contributed by atoms with van der Waals surface area (Å²) in [6.07, 6.45) is 1.90. The molecule has 2 rings (SSSR count). The molecule has 0 heterocycles. The van der Waals surface area contributed by atoms with Gasteiger partial charge < -0.3 is 10.4 Å². The summed E-state index contributed by atoms with van der Waals surface area (Å²) in [5.74, 6) is -0.918. The third-order valence-corrected chi connectivity index (χ3v) is 5.16. The summed E-state index contributed by atoms with van der Waals surface area (Å²) in [4.78, 5) is 24.1. The number of carboxylic acid groups (broad SMARTS) is 1. The number of amides is 1. The molecule has 20 heavy (non-hydrogen) atoms. The van der Waals surface area contributed by atoms with E-state index in [1.807, 2.05) is 25.1 Å². The van der Waals surface area contributed by atoms with Crippen LogP contribution >= 0.6 is 27.7 Å². The molecule has 1 aliphatic rings. The van der Waals surface area contributed by atoms with Crippen LogP contribution in [0.4, 0.5) is 0 Å². The second-order valence-electron chi connectivity index (χ2n) is 4.99. The Balaban J connectivity index is 1.91. The lowest BCUT2D eigenvalue weighted by Crippen LogP contribution is -2.59. The van der Waals surface area contributed by atoms with Crippen molar-refractivity contribution in [2.24, 2.45) is 0 Å². The smallest absolute Gasteiger partial charge is 0.329 e. The Kier molecular flexibility index (Phi) is 4.75. The predicted octanol–water partition coefficient (Wildman–Crippen LogP) is 2.97. The SMILES string of the molecule is Cc1cc(Br)ccc1SCC(=O)NC1(C(=O)O)CCC1. The third kappa shape index (κ3) is 3.35. The van der Waals surface area contributed by atoms with Crippen LogP contribution in [0, 0.1) is 6.92 Å². The van der Waals surface area contributed by atoms with Gasteiger partial charge in [0.05, 0.1) is 5.75 Å². The first-order valence-electron chi connectivity index (χ1n) is 6.36. The van der Waals surface area contributed by atoms with E-state index in [2.05, 4.69) is 21.2 Å². The summed E-state index contributed by atoms with van der Waals surface area (Å²) in [5.41, 5.74) is 0.0700. The van der Waals surface area contributed by atoms with Crippen molar-refractivity contribution in [3.63, 3.8) is 0 Å². The lowest BCUT2D eigenvalue weighted by molar-refractivity contribution is -0.151. The van der Waals surface area contributed by atoms with Crippen molar-refractivity contribution in [1.29, 1.82) is 0 Å². The maximum absolute atomic E-state index is 11.9. The van der Waals surface area contributed by atoms with Crippen molar-refractivity contribution in [3.8, 4) is 0 Å². The molecule has 0 spiro atoms. The summed E-state index contributed by atoms with van der Waals surface area (Å²) in [5, 5.41) is 11.8. The molecule has 0 aliphatic heterocycles. The van der Waals surface area contributed by atoms with Crippen LogP contribution in [0.25, 0.3) is 0 Å². The summed E-state index contributed by atoms with van der Waals surface area (Å²) >= 11 is 4.82. The Hall–Kier alpha value is -1.01. The number of hydrogen-bond acceptors (Lipinski definition) is 3. The van der Waals surface area contributed by atoms with Gasteiger partial charge >= 0.3 is 5.97 Å². The minimum absolute atomic E-state index is 0.223. The number of carboxylic acids is 1. The van der Waals surface area contributed by atoms with Gasteiger partial charge in [0, 0.05) is 9.37 Å². The number of hydrogen-bond donors (Lipinski definition) is 2. The molecule has 108 valence electrons. The number of rotatable bonds is 5. The second kappa shape index (κ2) is 6.18. The first-order chi connectivity index (χ1) is 9.43. The highest BCUT2D eigenvalue weighted by Gasteiger charge is 2.45. The van der Waals surface area contributed by atoms with Gasteiger partial charge in [-0.2, -0.15) is 0 Å². The van der Waals surface area contributed by atoms with Crippen LogP contribution < -0.4 is 5.32 Å². The van der Waals surface area contributed by atoms with Crippen LogP contribution in [0.3, 0.4) is 0 Å². The van der Waals surface area contributed by atoms with Gasteiger partial charge in [-0.05, 0) is 49.9 Å². The van der Waals surface area contributed by atoms with E-state index in [0.29, 0.717) is 12.8 Å². The fourth-order valence-electron chi connectivity index (χ4n) is 2.14. The van der Waals surface area contributed by atoms with E-state index in [0.717, 1.165) is 21.4 Å². The molecule has 1 aromatic rings. The van der Waals surface area contributed by atoms with Gasteiger partial charge in [-0.3, -0.25) is 4.79 Å². The second-order valence-corrected chi connectivity index (χ2v) is 6.92. The van der Waals surface area contributed by atoms with Crippen molar-refractivity contribution in [2.75, 3.05) is 5.75 Å². The van der Waals surface area contributed by atoms with E-state index in [-0.39, 0.29) is 11.7 Å². The average molecular weight is 358 g/mol. The van der Waals surface area contributed by atoms with Crippen LogP contribution in [0.15, 0.2) is 27.6 Å². The molecule has 0 unspecified atom stereocenters. The van der Waals surface area contributed by atoms with Gasteiger partial charge in [0.1, 0.15) is 5.54 Å². The van der Waals surface area contributed by atoms with Crippen LogP contribution in [0.2, 0.25) is 0 Å². The summed E-state index contributed by atoms with van der Waals surface area (Å²) < 4.78 is 1.00.